The van der Waals surface area contributed by atoms with E-state index in [4.69, 9.17) is 0 Å². The Bertz CT molecular complexity index is 971. The van der Waals surface area contributed by atoms with E-state index in [0.29, 0.717) is 31.8 Å². The summed E-state index contributed by atoms with van der Waals surface area (Å²) < 4.78 is 28.1. The van der Waals surface area contributed by atoms with Crippen LogP contribution in [0.5, 0.6) is 0 Å². The van der Waals surface area contributed by atoms with Crippen molar-refractivity contribution in [2.75, 3.05) is 13.1 Å². The van der Waals surface area contributed by atoms with Crippen LogP contribution in [-0.4, -0.2) is 31.7 Å². The molecule has 7 heteroatoms. The topological polar surface area (TPSA) is 66.5 Å². The molecule has 1 heterocycles. The second-order valence-corrected chi connectivity index (χ2v) is 11.5. The van der Waals surface area contributed by atoms with Gasteiger partial charge in [-0.25, -0.2) is 12.7 Å². The molecule has 1 atom stereocenters. The van der Waals surface area contributed by atoms with E-state index in [1.165, 1.54) is 4.31 Å². The fourth-order valence-electron chi connectivity index (χ4n) is 4.05. The minimum absolute atomic E-state index is 0.0201. The standard InChI is InChI=1S/C24H31BrN2O3S/c1-18(2)15-23(20-8-4-3-5-9-20)26-24(28)21-11-13-27(14-12-21)31(29,30)17-19-7-6-10-22(25)16-19/h3-10,16,18,21,23H,11-15,17H2,1-2H3,(H,26,28)/t23-/m1/s1. The van der Waals surface area contributed by atoms with E-state index in [-0.39, 0.29) is 23.6 Å². The van der Waals surface area contributed by atoms with Gasteiger partial charge in [-0.15, -0.1) is 0 Å². The molecule has 0 saturated carbocycles. The van der Waals surface area contributed by atoms with Gasteiger partial charge in [0.1, 0.15) is 0 Å². The highest BCUT2D eigenvalue weighted by atomic mass is 79.9. The third-order valence-electron chi connectivity index (χ3n) is 5.68. The molecule has 0 unspecified atom stereocenters. The van der Waals surface area contributed by atoms with E-state index >= 15 is 0 Å². The molecule has 2 aromatic rings. The van der Waals surface area contributed by atoms with Crippen LogP contribution < -0.4 is 5.32 Å². The van der Waals surface area contributed by atoms with Crippen molar-refractivity contribution in [3.8, 4) is 0 Å². The lowest BCUT2D eigenvalue weighted by Gasteiger charge is -2.32. The molecule has 2 aromatic carbocycles. The SMILES string of the molecule is CC(C)C[C@@H](NC(=O)C1CCN(S(=O)(=O)Cc2cccc(Br)c2)CC1)c1ccccc1. The van der Waals surface area contributed by atoms with Crippen molar-refractivity contribution >= 4 is 31.9 Å². The van der Waals surface area contributed by atoms with Crippen molar-refractivity contribution in [3.63, 3.8) is 0 Å². The summed E-state index contributed by atoms with van der Waals surface area (Å²) in [7, 11) is -3.40. The maximum atomic E-state index is 13.0. The normalized spacial score (nSPS) is 16.9. The van der Waals surface area contributed by atoms with Gasteiger partial charge in [0.25, 0.3) is 0 Å². The lowest BCUT2D eigenvalue weighted by atomic mass is 9.93. The molecule has 31 heavy (non-hydrogen) atoms. The van der Waals surface area contributed by atoms with Gasteiger partial charge in [0, 0.05) is 23.5 Å². The van der Waals surface area contributed by atoms with Gasteiger partial charge in [0.05, 0.1) is 11.8 Å². The first kappa shape index (κ1) is 24.0. The van der Waals surface area contributed by atoms with E-state index in [9.17, 15) is 13.2 Å². The first-order valence-electron chi connectivity index (χ1n) is 10.8. The predicted octanol–water partition coefficient (Wildman–Crippen LogP) is 4.89. The molecule has 5 nitrogen and oxygen atoms in total. The Kier molecular flexibility index (Phi) is 8.30. The highest BCUT2D eigenvalue weighted by molar-refractivity contribution is 9.10. The average molecular weight is 507 g/mol. The molecule has 0 radical (unpaired) electrons. The molecule has 0 bridgehead atoms. The summed E-state index contributed by atoms with van der Waals surface area (Å²) in [6.45, 7) is 5.07. The van der Waals surface area contributed by atoms with Crippen LogP contribution in [0.2, 0.25) is 0 Å². The molecule has 0 spiro atoms. The van der Waals surface area contributed by atoms with Crippen LogP contribution >= 0.6 is 15.9 Å². The summed E-state index contributed by atoms with van der Waals surface area (Å²) >= 11 is 3.39. The summed E-state index contributed by atoms with van der Waals surface area (Å²) in [5.41, 5.74) is 1.87. The number of amides is 1. The van der Waals surface area contributed by atoms with Crippen LogP contribution in [0.4, 0.5) is 0 Å². The Hall–Kier alpha value is -1.70. The lowest BCUT2D eigenvalue weighted by Crippen LogP contribution is -2.44. The molecular weight excluding hydrogens is 476 g/mol. The van der Waals surface area contributed by atoms with Crippen molar-refractivity contribution in [2.45, 2.75) is 44.9 Å². The Morgan fingerprint density at radius 1 is 1.10 bits per heavy atom. The molecule has 1 aliphatic heterocycles. The first-order chi connectivity index (χ1) is 14.7. The maximum Gasteiger partial charge on any atom is 0.223 e. The number of rotatable bonds is 8. The van der Waals surface area contributed by atoms with Crippen LogP contribution in [0.1, 0.15) is 50.3 Å². The smallest absolute Gasteiger partial charge is 0.223 e. The zero-order valence-corrected chi connectivity index (χ0v) is 20.5. The molecule has 0 aliphatic carbocycles. The van der Waals surface area contributed by atoms with Crippen LogP contribution in [-0.2, 0) is 20.6 Å². The zero-order chi connectivity index (χ0) is 22.4. The largest absolute Gasteiger partial charge is 0.349 e. The van der Waals surface area contributed by atoms with Gasteiger partial charge in [0.2, 0.25) is 15.9 Å². The van der Waals surface area contributed by atoms with Gasteiger partial charge in [-0.3, -0.25) is 4.79 Å². The summed E-state index contributed by atoms with van der Waals surface area (Å²) in [6.07, 6.45) is 1.97. The maximum absolute atomic E-state index is 13.0. The highest BCUT2D eigenvalue weighted by Gasteiger charge is 2.32. The zero-order valence-electron chi connectivity index (χ0n) is 18.1. The minimum atomic E-state index is -3.40. The third kappa shape index (κ3) is 6.89. The van der Waals surface area contributed by atoms with Crippen LogP contribution in [0.15, 0.2) is 59.1 Å². The molecule has 168 valence electrons. The lowest BCUT2D eigenvalue weighted by molar-refractivity contribution is -0.127. The predicted molar refractivity (Wildman–Crippen MR) is 128 cm³/mol. The van der Waals surface area contributed by atoms with E-state index < -0.39 is 10.0 Å². The van der Waals surface area contributed by atoms with Crippen LogP contribution in [0, 0.1) is 11.8 Å². The van der Waals surface area contributed by atoms with E-state index in [2.05, 4.69) is 35.1 Å². The van der Waals surface area contributed by atoms with Crippen LogP contribution in [0.3, 0.4) is 0 Å². The van der Waals surface area contributed by atoms with Gasteiger partial charge < -0.3 is 5.32 Å². The fourth-order valence-corrected chi connectivity index (χ4v) is 6.05. The number of halogens is 1. The van der Waals surface area contributed by atoms with Crippen molar-refractivity contribution in [2.24, 2.45) is 11.8 Å². The number of benzene rings is 2. The number of hydrogen-bond acceptors (Lipinski definition) is 3. The van der Waals surface area contributed by atoms with Gasteiger partial charge in [-0.2, -0.15) is 0 Å². The van der Waals surface area contributed by atoms with Gasteiger partial charge in [-0.05, 0) is 48.4 Å². The number of nitrogens with one attached hydrogen (secondary N) is 1. The quantitative estimate of drug-likeness (QED) is 0.553. The number of hydrogen-bond donors (Lipinski definition) is 1. The molecule has 3 rings (SSSR count). The summed E-state index contributed by atoms with van der Waals surface area (Å²) in [5.74, 6) is 0.304. The second-order valence-electron chi connectivity index (χ2n) is 8.66. The number of carbonyl (C=O) groups is 1. The average Bonchev–Trinajstić information content (AvgIpc) is 2.73. The number of sulfonamides is 1. The molecule has 0 aromatic heterocycles. The Morgan fingerprint density at radius 2 is 1.77 bits per heavy atom. The van der Waals surface area contributed by atoms with Crippen molar-refractivity contribution in [1.82, 2.24) is 9.62 Å². The number of nitrogens with zero attached hydrogens (tertiary/aromatic N) is 1. The minimum Gasteiger partial charge on any atom is -0.349 e. The molecule has 1 N–H and O–H groups in total. The Balaban J connectivity index is 1.58. The number of carbonyl (C=O) groups excluding carboxylic acids is 1. The fraction of sp³-hybridized carbons (Fsp3) is 0.458. The van der Waals surface area contributed by atoms with Gasteiger partial charge in [-0.1, -0.05) is 72.2 Å². The van der Waals surface area contributed by atoms with Gasteiger partial charge in [0.15, 0.2) is 0 Å². The van der Waals surface area contributed by atoms with Crippen molar-refractivity contribution in [1.29, 1.82) is 0 Å². The van der Waals surface area contributed by atoms with Crippen molar-refractivity contribution in [3.05, 3.63) is 70.2 Å². The molecule has 1 fully saturated rings. The Morgan fingerprint density at radius 3 is 2.39 bits per heavy atom. The first-order valence-corrected chi connectivity index (χ1v) is 13.2. The summed E-state index contributed by atoms with van der Waals surface area (Å²) in [6, 6.07) is 17.4. The van der Waals surface area contributed by atoms with E-state index in [1.807, 2.05) is 54.6 Å². The Labute approximate surface area is 194 Å². The van der Waals surface area contributed by atoms with Gasteiger partial charge >= 0.3 is 0 Å². The molecule has 1 aliphatic rings. The summed E-state index contributed by atoms with van der Waals surface area (Å²) in [4.78, 5) is 13.0. The third-order valence-corrected chi connectivity index (χ3v) is 8.03. The van der Waals surface area contributed by atoms with E-state index in [1.54, 1.807) is 0 Å². The van der Waals surface area contributed by atoms with Crippen molar-refractivity contribution < 1.29 is 13.2 Å². The highest BCUT2D eigenvalue weighted by Crippen LogP contribution is 2.26. The van der Waals surface area contributed by atoms with E-state index in [0.717, 1.165) is 22.0 Å². The summed E-state index contributed by atoms with van der Waals surface area (Å²) in [5, 5.41) is 3.22. The molecule has 1 saturated heterocycles. The number of piperidine rings is 1. The molecular formula is C24H31BrN2O3S. The van der Waals surface area contributed by atoms with Crippen LogP contribution in [0.25, 0.3) is 0 Å². The molecule has 1 amide bonds. The second kappa shape index (κ2) is 10.7. The monoisotopic (exact) mass is 506 g/mol.